The van der Waals surface area contributed by atoms with Crippen molar-refractivity contribution in [1.29, 1.82) is 0 Å². The molecule has 0 bridgehead atoms. The molecule has 1 aromatic heterocycles. The second-order valence-corrected chi connectivity index (χ2v) is 9.39. The highest BCUT2D eigenvalue weighted by molar-refractivity contribution is 5.76. The number of amides is 2. The predicted octanol–water partition coefficient (Wildman–Crippen LogP) is 3.13. The van der Waals surface area contributed by atoms with Gasteiger partial charge in [-0.3, -0.25) is 4.79 Å². The maximum absolute atomic E-state index is 12.6. The van der Waals surface area contributed by atoms with Gasteiger partial charge in [0.15, 0.2) is 5.82 Å². The summed E-state index contributed by atoms with van der Waals surface area (Å²) in [5.41, 5.74) is -0.722. The van der Waals surface area contributed by atoms with Crippen LogP contribution < -0.4 is 5.32 Å². The summed E-state index contributed by atoms with van der Waals surface area (Å²) < 4.78 is 10.5. The van der Waals surface area contributed by atoms with Crippen molar-refractivity contribution < 1.29 is 18.8 Å². The summed E-state index contributed by atoms with van der Waals surface area (Å²) in [7, 11) is 0. The smallest absolute Gasteiger partial charge is 0.407 e. The van der Waals surface area contributed by atoms with E-state index in [1.54, 1.807) is 0 Å². The highest BCUT2D eigenvalue weighted by Gasteiger charge is 2.42. The third-order valence-electron chi connectivity index (χ3n) is 5.18. The maximum Gasteiger partial charge on any atom is 0.407 e. The van der Waals surface area contributed by atoms with Crippen molar-refractivity contribution in [3.8, 4) is 0 Å². The van der Waals surface area contributed by atoms with Crippen molar-refractivity contribution in [1.82, 2.24) is 20.4 Å². The number of nitrogens with zero attached hydrogens (tertiary/aromatic N) is 3. The minimum absolute atomic E-state index is 0.0668. The first-order valence-corrected chi connectivity index (χ1v) is 9.97. The highest BCUT2D eigenvalue weighted by Crippen LogP contribution is 2.35. The van der Waals surface area contributed by atoms with Crippen LogP contribution in [-0.2, 0) is 16.0 Å². The third kappa shape index (κ3) is 5.94. The molecule has 1 aliphatic heterocycles. The molecule has 28 heavy (non-hydrogen) atoms. The number of alkyl carbamates (subject to hydrolysis) is 1. The Balaban J connectivity index is 1.85. The van der Waals surface area contributed by atoms with E-state index in [4.69, 9.17) is 9.26 Å². The highest BCUT2D eigenvalue weighted by atomic mass is 16.6. The van der Waals surface area contributed by atoms with Gasteiger partial charge in [-0.05, 0) is 26.7 Å². The largest absolute Gasteiger partial charge is 0.444 e. The van der Waals surface area contributed by atoms with E-state index < -0.39 is 11.7 Å². The molecule has 0 spiro atoms. The lowest BCUT2D eigenvalue weighted by Gasteiger charge is -2.29. The number of hydrogen-bond donors (Lipinski definition) is 1. The number of aromatic nitrogens is 2. The summed E-state index contributed by atoms with van der Waals surface area (Å²) in [4.78, 5) is 30.8. The van der Waals surface area contributed by atoms with Gasteiger partial charge >= 0.3 is 6.09 Å². The van der Waals surface area contributed by atoms with E-state index in [0.717, 1.165) is 0 Å². The van der Waals surface area contributed by atoms with Crippen LogP contribution in [0.15, 0.2) is 4.52 Å². The van der Waals surface area contributed by atoms with Gasteiger partial charge in [0.25, 0.3) is 0 Å². The first kappa shape index (κ1) is 22.2. The Hall–Kier alpha value is -2.12. The molecule has 1 saturated heterocycles. The Morgan fingerprint density at radius 1 is 1.39 bits per heavy atom. The molecular weight excluding hydrogens is 360 g/mol. The maximum atomic E-state index is 12.6. The second-order valence-electron chi connectivity index (χ2n) is 9.39. The van der Waals surface area contributed by atoms with Gasteiger partial charge in [-0.2, -0.15) is 4.98 Å². The quantitative estimate of drug-likeness (QED) is 0.796. The normalized spacial score (nSPS) is 22.6. The second kappa shape index (κ2) is 8.49. The lowest BCUT2D eigenvalue weighted by molar-refractivity contribution is -0.130. The van der Waals surface area contributed by atoms with Gasteiger partial charge in [0.2, 0.25) is 11.8 Å². The molecular formula is C20H34N4O4. The van der Waals surface area contributed by atoms with E-state index in [2.05, 4.69) is 29.3 Å². The van der Waals surface area contributed by atoms with Crippen LogP contribution in [0, 0.1) is 11.3 Å². The Morgan fingerprint density at radius 2 is 2.07 bits per heavy atom. The number of likely N-dealkylation sites (tertiary alicyclic amines) is 1. The summed E-state index contributed by atoms with van der Waals surface area (Å²) in [5, 5.41) is 6.78. The van der Waals surface area contributed by atoms with Crippen molar-refractivity contribution in [3.63, 3.8) is 0 Å². The molecule has 1 N–H and O–H groups in total. The lowest BCUT2D eigenvalue weighted by atomic mass is 9.81. The van der Waals surface area contributed by atoms with E-state index in [1.807, 2.05) is 39.5 Å². The summed E-state index contributed by atoms with van der Waals surface area (Å²) in [6.45, 7) is 15.4. The van der Waals surface area contributed by atoms with Crippen LogP contribution in [0.1, 0.15) is 72.5 Å². The molecule has 0 saturated carbocycles. The molecule has 0 aliphatic carbocycles. The zero-order valence-electron chi connectivity index (χ0n) is 18.2. The fourth-order valence-corrected chi connectivity index (χ4v) is 3.19. The number of nitrogens with one attached hydrogen (secondary N) is 1. The molecule has 0 radical (unpaired) electrons. The van der Waals surface area contributed by atoms with Gasteiger partial charge in [-0.15, -0.1) is 0 Å². The summed E-state index contributed by atoms with van der Waals surface area (Å²) >= 11 is 0. The van der Waals surface area contributed by atoms with Crippen LogP contribution in [0.5, 0.6) is 0 Å². The molecule has 1 fully saturated rings. The Labute approximate surface area is 167 Å². The van der Waals surface area contributed by atoms with Gasteiger partial charge in [-0.1, -0.05) is 32.9 Å². The standard InChI is InChI=1S/C20H34N4O4/c1-13(2)17-22-15(28-23-17)8-9-16(25)24-10-14(3)20(7,12-24)11-21-18(26)27-19(4,5)6/h13-14H,8-12H2,1-7H3,(H,21,26)/t14-,20-/m1/s1. The molecule has 2 atom stereocenters. The SMILES string of the molecule is CC(C)c1noc(CCC(=O)N2C[C@@H](C)[C@](C)(CNC(=O)OC(C)(C)C)C2)n1. The van der Waals surface area contributed by atoms with E-state index in [0.29, 0.717) is 44.2 Å². The topological polar surface area (TPSA) is 97.6 Å². The Kier molecular flexibility index (Phi) is 6.72. The van der Waals surface area contributed by atoms with Gasteiger partial charge in [0.05, 0.1) is 0 Å². The van der Waals surface area contributed by atoms with Crippen LogP contribution in [0.4, 0.5) is 4.79 Å². The lowest BCUT2D eigenvalue weighted by Crippen LogP contribution is -2.42. The van der Waals surface area contributed by atoms with Crippen molar-refractivity contribution >= 4 is 12.0 Å². The Morgan fingerprint density at radius 3 is 2.64 bits per heavy atom. The van der Waals surface area contributed by atoms with Crippen molar-refractivity contribution in [3.05, 3.63) is 11.7 Å². The molecule has 2 heterocycles. The average Bonchev–Trinajstić information content (AvgIpc) is 3.15. The molecule has 0 aromatic carbocycles. The fourth-order valence-electron chi connectivity index (χ4n) is 3.19. The average molecular weight is 395 g/mol. The van der Waals surface area contributed by atoms with Gasteiger partial charge in [0.1, 0.15) is 5.60 Å². The zero-order valence-corrected chi connectivity index (χ0v) is 18.2. The summed E-state index contributed by atoms with van der Waals surface area (Å²) in [5.74, 6) is 1.70. The molecule has 158 valence electrons. The first-order valence-electron chi connectivity index (χ1n) is 9.97. The molecule has 2 rings (SSSR count). The zero-order chi connectivity index (χ0) is 21.1. The van der Waals surface area contributed by atoms with Crippen LogP contribution in [0.3, 0.4) is 0 Å². The number of aryl methyl sites for hydroxylation is 1. The molecule has 1 aromatic rings. The fraction of sp³-hybridized carbons (Fsp3) is 0.800. The van der Waals surface area contributed by atoms with Crippen LogP contribution in [-0.4, -0.2) is 52.3 Å². The number of carbonyl (C=O) groups excluding carboxylic acids is 2. The minimum atomic E-state index is -0.529. The van der Waals surface area contributed by atoms with Crippen LogP contribution >= 0.6 is 0 Å². The summed E-state index contributed by atoms with van der Waals surface area (Å²) in [6.07, 6.45) is 0.348. The number of hydrogen-bond acceptors (Lipinski definition) is 6. The molecule has 1 aliphatic rings. The monoisotopic (exact) mass is 394 g/mol. The van der Waals surface area contributed by atoms with Gasteiger partial charge in [0, 0.05) is 43.8 Å². The van der Waals surface area contributed by atoms with E-state index in [9.17, 15) is 9.59 Å². The third-order valence-corrected chi connectivity index (χ3v) is 5.18. The Bertz CT molecular complexity index is 695. The van der Waals surface area contributed by atoms with Gasteiger partial charge in [-0.25, -0.2) is 4.79 Å². The molecule has 8 nitrogen and oxygen atoms in total. The number of ether oxygens (including phenoxy) is 1. The predicted molar refractivity (Wildman–Crippen MR) is 105 cm³/mol. The van der Waals surface area contributed by atoms with Crippen molar-refractivity contribution in [2.45, 2.75) is 72.8 Å². The molecule has 0 unspecified atom stereocenters. The minimum Gasteiger partial charge on any atom is -0.444 e. The van der Waals surface area contributed by atoms with E-state index in [1.165, 1.54) is 0 Å². The van der Waals surface area contributed by atoms with Gasteiger partial charge < -0.3 is 19.5 Å². The van der Waals surface area contributed by atoms with Crippen LogP contribution in [0.2, 0.25) is 0 Å². The van der Waals surface area contributed by atoms with Crippen LogP contribution in [0.25, 0.3) is 0 Å². The number of carbonyl (C=O) groups is 2. The molecule has 8 heteroatoms. The summed E-state index contributed by atoms with van der Waals surface area (Å²) in [6, 6.07) is 0. The van der Waals surface area contributed by atoms with Crippen molar-refractivity contribution in [2.75, 3.05) is 19.6 Å². The van der Waals surface area contributed by atoms with Crippen molar-refractivity contribution in [2.24, 2.45) is 11.3 Å². The first-order chi connectivity index (χ1) is 12.9. The number of rotatable bonds is 6. The molecule has 2 amide bonds. The van der Waals surface area contributed by atoms with E-state index in [-0.39, 0.29) is 23.2 Å². The van der Waals surface area contributed by atoms with E-state index >= 15 is 0 Å².